The summed E-state index contributed by atoms with van der Waals surface area (Å²) in [5, 5.41) is 70.1. The fraction of sp³-hybridized carbons (Fsp3) is 1.00. The van der Waals surface area contributed by atoms with Crippen molar-refractivity contribution in [2.45, 2.75) is 92.1 Å². The second kappa shape index (κ2) is 10.1. The van der Waals surface area contributed by atoms with E-state index < -0.39 is 92.3 Å². The molecule has 2 saturated heterocycles. The number of aliphatic hydroxyl groups excluding tert-OH is 7. The van der Waals surface area contributed by atoms with Gasteiger partial charge in [0.05, 0.1) is 18.8 Å². The standard InChI is InChI=1S/C17H33N3O11/c18-2-6-10(24)12(26)8(20)16(28-6)30-14-4(19)1-5(22)9(23)15(14)31-17-13(27)11(25)7(3-21)29-17/h4-17,21-27H,1-3,18-20H2/t4-,5+,6+,7+,8+,9-,10+,11-,12+,13+,14+,15+,16+,17-/m0/s1. The monoisotopic (exact) mass is 455 g/mol. The quantitative estimate of drug-likeness (QED) is 0.179. The number of ether oxygens (including phenoxy) is 4. The highest BCUT2D eigenvalue weighted by Gasteiger charge is 2.52. The number of hydrogen-bond donors (Lipinski definition) is 10. The van der Waals surface area contributed by atoms with Crippen molar-refractivity contribution in [2.24, 2.45) is 17.2 Å². The van der Waals surface area contributed by atoms with E-state index in [9.17, 15) is 35.7 Å². The molecule has 14 nitrogen and oxygen atoms in total. The number of nitrogens with two attached hydrogens (primary N) is 3. The first-order valence-corrected chi connectivity index (χ1v) is 10.1. The SMILES string of the molecule is NC[C@H]1O[C@H](O[C@H]2[C@H](O[C@@H]3O[C@H](CO)[C@H](O)[C@H]3O)[C@@H](O)[C@H](O)C[C@@H]2N)[C@H](N)[C@@H](O)[C@@H]1O. The average Bonchev–Trinajstić information content (AvgIpc) is 3.02. The number of aliphatic hydroxyl groups is 7. The van der Waals surface area contributed by atoms with Gasteiger partial charge in [-0.2, -0.15) is 0 Å². The van der Waals surface area contributed by atoms with E-state index in [4.69, 9.17) is 36.1 Å². The lowest BCUT2D eigenvalue weighted by atomic mass is 9.85. The summed E-state index contributed by atoms with van der Waals surface area (Å²) in [6.07, 6.45) is -16.0. The Bertz CT molecular complexity index is 590. The summed E-state index contributed by atoms with van der Waals surface area (Å²) in [4.78, 5) is 0. The Morgan fingerprint density at radius 3 is 1.90 bits per heavy atom. The Balaban J connectivity index is 1.78. The Morgan fingerprint density at radius 1 is 0.742 bits per heavy atom. The fourth-order valence-corrected chi connectivity index (χ4v) is 4.10. The molecule has 0 aromatic rings. The molecular weight excluding hydrogens is 422 g/mol. The van der Waals surface area contributed by atoms with Crippen molar-refractivity contribution in [3.63, 3.8) is 0 Å². The summed E-state index contributed by atoms with van der Waals surface area (Å²) in [6, 6.07) is -2.08. The van der Waals surface area contributed by atoms with Crippen molar-refractivity contribution in [2.75, 3.05) is 13.2 Å². The zero-order chi connectivity index (χ0) is 23.0. The van der Waals surface area contributed by atoms with E-state index in [2.05, 4.69) is 0 Å². The molecule has 3 rings (SSSR count). The van der Waals surface area contributed by atoms with Gasteiger partial charge in [0.15, 0.2) is 12.6 Å². The molecular formula is C17H33N3O11. The number of rotatable bonds is 6. The molecule has 0 bridgehead atoms. The van der Waals surface area contributed by atoms with Crippen LogP contribution < -0.4 is 17.2 Å². The maximum absolute atomic E-state index is 10.5. The Morgan fingerprint density at radius 2 is 1.32 bits per heavy atom. The van der Waals surface area contributed by atoms with E-state index in [0.29, 0.717) is 0 Å². The van der Waals surface area contributed by atoms with Crippen molar-refractivity contribution in [3.05, 3.63) is 0 Å². The summed E-state index contributed by atoms with van der Waals surface area (Å²) in [6.45, 7) is -0.718. The van der Waals surface area contributed by atoms with Crippen LogP contribution in [0, 0.1) is 0 Å². The largest absolute Gasteiger partial charge is 0.394 e. The lowest BCUT2D eigenvalue weighted by molar-refractivity contribution is -0.311. The molecule has 1 aliphatic carbocycles. The highest BCUT2D eigenvalue weighted by Crippen LogP contribution is 2.32. The van der Waals surface area contributed by atoms with Crippen LogP contribution in [0.15, 0.2) is 0 Å². The predicted molar refractivity (Wildman–Crippen MR) is 99.8 cm³/mol. The van der Waals surface area contributed by atoms with Gasteiger partial charge in [-0.05, 0) is 6.42 Å². The molecule has 31 heavy (non-hydrogen) atoms. The average molecular weight is 455 g/mol. The lowest BCUT2D eigenvalue weighted by Crippen LogP contribution is -2.67. The normalized spacial score (nSPS) is 53.6. The van der Waals surface area contributed by atoms with Crippen molar-refractivity contribution in [1.29, 1.82) is 0 Å². The van der Waals surface area contributed by atoms with Crippen LogP contribution in [-0.2, 0) is 18.9 Å². The molecule has 13 N–H and O–H groups in total. The smallest absolute Gasteiger partial charge is 0.187 e. The first-order chi connectivity index (χ1) is 14.6. The Hall–Kier alpha value is -0.560. The van der Waals surface area contributed by atoms with Crippen LogP contribution in [0.4, 0.5) is 0 Å². The van der Waals surface area contributed by atoms with Gasteiger partial charge < -0.3 is 71.9 Å². The summed E-state index contributed by atoms with van der Waals surface area (Å²) < 4.78 is 22.3. The van der Waals surface area contributed by atoms with Crippen molar-refractivity contribution < 1.29 is 54.7 Å². The minimum atomic E-state index is -1.55. The Kier molecular flexibility index (Phi) is 8.21. The van der Waals surface area contributed by atoms with Gasteiger partial charge in [-0.3, -0.25) is 0 Å². The summed E-state index contributed by atoms with van der Waals surface area (Å²) in [5.41, 5.74) is 17.6. The maximum atomic E-state index is 10.5. The third kappa shape index (κ3) is 4.87. The molecule has 0 aromatic carbocycles. The molecule has 0 aromatic heterocycles. The molecule has 0 radical (unpaired) electrons. The van der Waals surface area contributed by atoms with Crippen LogP contribution in [-0.4, -0.2) is 135 Å². The molecule has 14 heteroatoms. The van der Waals surface area contributed by atoms with Gasteiger partial charge in [0.25, 0.3) is 0 Å². The van der Waals surface area contributed by atoms with Crippen molar-refractivity contribution >= 4 is 0 Å². The maximum Gasteiger partial charge on any atom is 0.187 e. The van der Waals surface area contributed by atoms with Gasteiger partial charge in [-0.15, -0.1) is 0 Å². The minimum Gasteiger partial charge on any atom is -0.394 e. The van der Waals surface area contributed by atoms with E-state index >= 15 is 0 Å². The molecule has 0 spiro atoms. The van der Waals surface area contributed by atoms with E-state index in [0.717, 1.165) is 0 Å². The fourth-order valence-electron chi connectivity index (χ4n) is 4.10. The summed E-state index contributed by atoms with van der Waals surface area (Å²) in [7, 11) is 0. The van der Waals surface area contributed by atoms with Gasteiger partial charge in [-0.1, -0.05) is 0 Å². The van der Waals surface area contributed by atoms with Crippen LogP contribution in [0.25, 0.3) is 0 Å². The molecule has 0 amide bonds. The van der Waals surface area contributed by atoms with E-state index in [-0.39, 0.29) is 13.0 Å². The second-order valence-electron chi connectivity index (χ2n) is 8.20. The molecule has 2 heterocycles. The van der Waals surface area contributed by atoms with E-state index in [1.165, 1.54) is 0 Å². The van der Waals surface area contributed by atoms with Crippen LogP contribution in [0.1, 0.15) is 6.42 Å². The Labute approximate surface area is 178 Å². The molecule has 2 aliphatic heterocycles. The second-order valence-corrected chi connectivity index (χ2v) is 8.20. The summed E-state index contributed by atoms with van der Waals surface area (Å²) in [5.74, 6) is 0. The van der Waals surface area contributed by atoms with Crippen LogP contribution in [0.3, 0.4) is 0 Å². The highest BCUT2D eigenvalue weighted by molar-refractivity contribution is 5.00. The minimum absolute atomic E-state index is 0.0743. The first kappa shape index (κ1) is 25.1. The first-order valence-electron chi connectivity index (χ1n) is 10.1. The zero-order valence-electron chi connectivity index (χ0n) is 16.7. The van der Waals surface area contributed by atoms with Crippen LogP contribution >= 0.6 is 0 Å². The highest BCUT2D eigenvalue weighted by atomic mass is 16.7. The molecule has 1 saturated carbocycles. The van der Waals surface area contributed by atoms with Gasteiger partial charge in [0, 0.05) is 12.6 Å². The predicted octanol–water partition coefficient (Wildman–Crippen LogP) is -6.62. The van der Waals surface area contributed by atoms with E-state index in [1.54, 1.807) is 0 Å². The molecule has 0 unspecified atom stereocenters. The van der Waals surface area contributed by atoms with Crippen molar-refractivity contribution in [3.8, 4) is 0 Å². The molecule has 3 aliphatic rings. The van der Waals surface area contributed by atoms with Crippen LogP contribution in [0.2, 0.25) is 0 Å². The third-order valence-corrected chi connectivity index (χ3v) is 6.05. The van der Waals surface area contributed by atoms with Gasteiger partial charge >= 0.3 is 0 Å². The molecule has 3 fully saturated rings. The number of hydrogen-bond acceptors (Lipinski definition) is 14. The van der Waals surface area contributed by atoms with Gasteiger partial charge in [0.1, 0.15) is 54.9 Å². The molecule has 182 valence electrons. The lowest BCUT2D eigenvalue weighted by Gasteiger charge is -2.47. The van der Waals surface area contributed by atoms with E-state index in [1.807, 2.05) is 0 Å². The zero-order valence-corrected chi connectivity index (χ0v) is 16.7. The molecule has 14 atom stereocenters. The van der Waals surface area contributed by atoms with Crippen molar-refractivity contribution in [1.82, 2.24) is 0 Å². The van der Waals surface area contributed by atoms with Gasteiger partial charge in [-0.25, -0.2) is 0 Å². The van der Waals surface area contributed by atoms with Gasteiger partial charge in [0.2, 0.25) is 0 Å². The third-order valence-electron chi connectivity index (χ3n) is 6.05. The topological polar surface area (TPSA) is 257 Å². The van der Waals surface area contributed by atoms with Crippen LogP contribution in [0.5, 0.6) is 0 Å². The summed E-state index contributed by atoms with van der Waals surface area (Å²) >= 11 is 0.